The second-order valence-corrected chi connectivity index (χ2v) is 4.14. The van der Waals surface area contributed by atoms with E-state index in [0.29, 0.717) is 6.42 Å². The molecule has 0 amide bonds. The van der Waals surface area contributed by atoms with Gasteiger partial charge in [-0.1, -0.05) is 36.4 Å². The van der Waals surface area contributed by atoms with Gasteiger partial charge in [0.25, 0.3) is 0 Å². The molecule has 0 atom stereocenters. The highest BCUT2D eigenvalue weighted by molar-refractivity contribution is 7.55. The minimum absolute atomic E-state index is 0.548. The van der Waals surface area contributed by atoms with E-state index in [9.17, 15) is 4.57 Å². The normalized spacial score (nSPS) is 12.2. The van der Waals surface area contributed by atoms with Gasteiger partial charge in [0.1, 0.15) is 0 Å². The highest BCUT2D eigenvalue weighted by Gasteiger charge is 2.04. The van der Waals surface area contributed by atoms with E-state index in [1.807, 2.05) is 30.3 Å². The molecule has 0 fully saturated rings. The Morgan fingerprint density at radius 3 is 2.38 bits per heavy atom. The summed E-state index contributed by atoms with van der Waals surface area (Å²) in [6.45, 7) is 0. The third-order valence-corrected chi connectivity index (χ3v) is 2.10. The van der Waals surface area contributed by atoms with Gasteiger partial charge in [0.15, 0.2) is 0 Å². The van der Waals surface area contributed by atoms with Crippen molar-refractivity contribution in [1.29, 1.82) is 0 Å². The summed E-state index contributed by atoms with van der Waals surface area (Å²) in [7, 11) is -3.98. The molecule has 1 aromatic rings. The molecule has 13 heavy (non-hydrogen) atoms. The highest BCUT2D eigenvalue weighted by Crippen LogP contribution is 2.35. The zero-order valence-electron chi connectivity index (χ0n) is 7.00. The second-order valence-electron chi connectivity index (χ2n) is 2.66. The molecule has 70 valence electrons. The molecule has 0 bridgehead atoms. The molecule has 0 saturated carbocycles. The fraction of sp³-hybridized carbons (Fsp3) is 0.111. The molecule has 1 aromatic carbocycles. The van der Waals surface area contributed by atoms with E-state index in [2.05, 4.69) is 0 Å². The molecule has 2 N–H and O–H groups in total. The maximum atomic E-state index is 10.4. The minimum atomic E-state index is -3.98. The summed E-state index contributed by atoms with van der Waals surface area (Å²) in [5.41, 5.74) is 1.03. The van der Waals surface area contributed by atoms with Crippen molar-refractivity contribution in [3.8, 4) is 0 Å². The van der Waals surface area contributed by atoms with E-state index in [0.717, 1.165) is 11.4 Å². The van der Waals surface area contributed by atoms with Crippen LogP contribution < -0.4 is 0 Å². The van der Waals surface area contributed by atoms with Crippen LogP contribution >= 0.6 is 7.60 Å². The number of allylic oxidation sites excluding steroid dienone is 1. The molecule has 3 nitrogen and oxygen atoms in total. The molecule has 0 spiro atoms. The van der Waals surface area contributed by atoms with Crippen molar-refractivity contribution in [2.24, 2.45) is 0 Å². The van der Waals surface area contributed by atoms with Crippen LogP contribution in [0.1, 0.15) is 5.56 Å². The molecule has 0 aliphatic carbocycles. The summed E-state index contributed by atoms with van der Waals surface area (Å²) in [6.07, 6.45) is 2.03. The topological polar surface area (TPSA) is 57.5 Å². The summed E-state index contributed by atoms with van der Waals surface area (Å²) in [4.78, 5) is 17.0. The summed E-state index contributed by atoms with van der Waals surface area (Å²) in [5.74, 6) is 0.931. The van der Waals surface area contributed by atoms with Crippen molar-refractivity contribution >= 4 is 7.60 Å². The van der Waals surface area contributed by atoms with Gasteiger partial charge in [-0.2, -0.15) is 0 Å². The Morgan fingerprint density at radius 2 is 1.85 bits per heavy atom. The lowest BCUT2D eigenvalue weighted by molar-refractivity contribution is 0.386. The monoisotopic (exact) mass is 198 g/mol. The third kappa shape index (κ3) is 4.63. The van der Waals surface area contributed by atoms with E-state index >= 15 is 0 Å². The Bertz CT molecular complexity index is 326. The summed E-state index contributed by atoms with van der Waals surface area (Å²) < 4.78 is 10.4. The maximum Gasteiger partial charge on any atom is 0.348 e. The first kappa shape index (κ1) is 10.2. The molecule has 0 aliphatic rings. The van der Waals surface area contributed by atoms with Crippen LogP contribution in [0.2, 0.25) is 0 Å². The summed E-state index contributed by atoms with van der Waals surface area (Å²) >= 11 is 0. The number of rotatable bonds is 3. The van der Waals surface area contributed by atoms with Crippen LogP contribution in [0.15, 0.2) is 42.2 Å². The van der Waals surface area contributed by atoms with E-state index in [1.54, 1.807) is 0 Å². The molecule has 1 rings (SSSR count). The van der Waals surface area contributed by atoms with Crippen molar-refractivity contribution in [2.45, 2.75) is 6.42 Å². The first-order valence-corrected chi connectivity index (χ1v) is 5.53. The Labute approximate surface area is 76.9 Å². The lowest BCUT2D eigenvalue weighted by Gasteiger charge is -1.95. The Balaban J connectivity index is 2.54. The van der Waals surface area contributed by atoms with Crippen molar-refractivity contribution in [1.82, 2.24) is 0 Å². The highest BCUT2D eigenvalue weighted by atomic mass is 31.2. The van der Waals surface area contributed by atoms with E-state index in [1.165, 1.54) is 6.08 Å². The molecular formula is C9H11O3P. The predicted molar refractivity (Wildman–Crippen MR) is 51.3 cm³/mol. The summed E-state index contributed by atoms with van der Waals surface area (Å²) in [6, 6.07) is 9.49. The van der Waals surface area contributed by atoms with Crippen LogP contribution in [0.3, 0.4) is 0 Å². The average molecular weight is 198 g/mol. The van der Waals surface area contributed by atoms with Gasteiger partial charge in [-0.3, -0.25) is 4.57 Å². The second kappa shape index (κ2) is 4.38. The number of hydrogen-bond acceptors (Lipinski definition) is 1. The molecule has 0 heterocycles. The third-order valence-electron chi connectivity index (χ3n) is 1.50. The van der Waals surface area contributed by atoms with Gasteiger partial charge < -0.3 is 9.79 Å². The van der Waals surface area contributed by atoms with Crippen LogP contribution in [0.4, 0.5) is 0 Å². The van der Waals surface area contributed by atoms with Crippen LogP contribution in [0.5, 0.6) is 0 Å². The van der Waals surface area contributed by atoms with Gasteiger partial charge in [-0.15, -0.1) is 0 Å². The molecule has 0 aromatic heterocycles. The van der Waals surface area contributed by atoms with E-state index in [-0.39, 0.29) is 0 Å². The van der Waals surface area contributed by atoms with Crippen molar-refractivity contribution in [3.63, 3.8) is 0 Å². The molecule has 0 radical (unpaired) electrons. The fourth-order valence-electron chi connectivity index (χ4n) is 0.940. The van der Waals surface area contributed by atoms with Gasteiger partial charge in [0, 0.05) is 5.82 Å². The van der Waals surface area contributed by atoms with Gasteiger partial charge >= 0.3 is 7.60 Å². The first-order chi connectivity index (χ1) is 6.08. The predicted octanol–water partition coefficient (Wildman–Crippen LogP) is 1.92. The van der Waals surface area contributed by atoms with Crippen molar-refractivity contribution in [3.05, 3.63) is 47.8 Å². The molecule has 0 unspecified atom stereocenters. The van der Waals surface area contributed by atoms with E-state index < -0.39 is 7.60 Å². The molecule has 4 heteroatoms. The van der Waals surface area contributed by atoms with Crippen molar-refractivity contribution in [2.75, 3.05) is 0 Å². The van der Waals surface area contributed by atoms with E-state index in [4.69, 9.17) is 9.79 Å². The van der Waals surface area contributed by atoms with Gasteiger partial charge in [-0.05, 0) is 12.0 Å². The van der Waals surface area contributed by atoms with Crippen LogP contribution in [-0.4, -0.2) is 9.79 Å². The zero-order chi connectivity index (χ0) is 9.73. The first-order valence-electron chi connectivity index (χ1n) is 3.85. The Morgan fingerprint density at radius 1 is 1.23 bits per heavy atom. The van der Waals surface area contributed by atoms with Crippen LogP contribution in [0.25, 0.3) is 0 Å². The van der Waals surface area contributed by atoms with Crippen LogP contribution in [0, 0.1) is 0 Å². The maximum absolute atomic E-state index is 10.4. The standard InChI is InChI=1S/C9H11O3P/c10-13(11,12)8-4-7-9-5-2-1-3-6-9/h1-6,8H,7H2,(H2,10,11,12)/b8-4+. The van der Waals surface area contributed by atoms with Gasteiger partial charge in [0.05, 0.1) is 0 Å². The lowest BCUT2D eigenvalue weighted by atomic mass is 10.2. The Hall–Kier alpha value is -0.890. The molecule has 0 aliphatic heterocycles. The van der Waals surface area contributed by atoms with Gasteiger partial charge in [-0.25, -0.2) is 0 Å². The lowest BCUT2D eigenvalue weighted by Crippen LogP contribution is -1.78. The molecular weight excluding hydrogens is 187 g/mol. The van der Waals surface area contributed by atoms with Crippen molar-refractivity contribution < 1.29 is 14.4 Å². The number of benzene rings is 1. The average Bonchev–Trinajstić information content (AvgIpc) is 2.04. The quantitative estimate of drug-likeness (QED) is 0.729. The SMILES string of the molecule is O=P(O)(O)/C=C/Cc1ccccc1. The summed E-state index contributed by atoms with van der Waals surface area (Å²) in [5, 5.41) is 0. The molecule has 0 saturated heterocycles. The fourth-order valence-corrected chi connectivity index (χ4v) is 1.32. The Kier molecular flexibility index (Phi) is 3.43. The van der Waals surface area contributed by atoms with Gasteiger partial charge in [0.2, 0.25) is 0 Å². The largest absolute Gasteiger partial charge is 0.348 e. The minimum Gasteiger partial charge on any atom is -0.321 e. The zero-order valence-corrected chi connectivity index (χ0v) is 7.89. The smallest absolute Gasteiger partial charge is 0.321 e. The number of hydrogen-bond donors (Lipinski definition) is 2. The van der Waals surface area contributed by atoms with Crippen LogP contribution in [-0.2, 0) is 11.0 Å².